The minimum absolute atomic E-state index is 0.0229. The van der Waals surface area contributed by atoms with Gasteiger partial charge in [0.15, 0.2) is 0 Å². The Kier molecular flexibility index (Phi) is 4.79. The maximum Gasteiger partial charge on any atom is 0.406 e. The van der Waals surface area contributed by atoms with Gasteiger partial charge in [0, 0.05) is 17.9 Å². The summed E-state index contributed by atoms with van der Waals surface area (Å²) in [5.74, 6) is -0.773. The van der Waals surface area contributed by atoms with Crippen LogP contribution in [0, 0.1) is 6.92 Å². The van der Waals surface area contributed by atoms with Gasteiger partial charge in [-0.25, -0.2) is 0 Å². The van der Waals surface area contributed by atoms with Crippen LogP contribution in [-0.2, 0) is 0 Å². The van der Waals surface area contributed by atoms with Gasteiger partial charge in [-0.1, -0.05) is 11.6 Å². The van der Waals surface area contributed by atoms with Crippen molar-refractivity contribution in [2.45, 2.75) is 33.0 Å². The van der Waals surface area contributed by atoms with Crippen molar-refractivity contribution in [3.05, 3.63) is 28.5 Å². The third kappa shape index (κ3) is 4.38. The Morgan fingerprint density at radius 1 is 1.47 bits per heavy atom. The average molecular weight is 295 g/mol. The fourth-order valence-electron chi connectivity index (χ4n) is 1.52. The van der Waals surface area contributed by atoms with Crippen molar-refractivity contribution >= 4 is 17.5 Å². The largest absolute Gasteiger partial charge is 0.406 e. The first kappa shape index (κ1) is 15.8. The summed E-state index contributed by atoms with van der Waals surface area (Å²) in [5, 5.41) is 0.102. The van der Waals surface area contributed by atoms with E-state index in [0.29, 0.717) is 5.69 Å². The number of halogens is 4. The molecule has 0 N–H and O–H groups in total. The average Bonchev–Trinajstić information content (AvgIpc) is 2.23. The van der Waals surface area contributed by atoms with E-state index in [9.17, 15) is 18.0 Å². The molecule has 0 unspecified atom stereocenters. The first-order valence-electron chi connectivity index (χ1n) is 5.61. The lowest BCUT2D eigenvalue weighted by Gasteiger charge is -2.28. The van der Waals surface area contributed by atoms with Crippen molar-refractivity contribution in [3.8, 4) is 0 Å². The molecule has 0 atom stereocenters. The number of aryl methyl sites for hydroxylation is 1. The molecular formula is C12H14ClF3N2O. The number of pyridine rings is 1. The fourth-order valence-corrected chi connectivity index (χ4v) is 1.81. The number of rotatable bonds is 3. The Bertz CT molecular complexity index is 475. The second kappa shape index (κ2) is 5.77. The Balaban J connectivity index is 3.06. The normalized spacial score (nSPS) is 11.8. The number of carbonyl (C=O) groups excluding carboxylic acids is 1. The lowest BCUT2D eigenvalue weighted by Crippen LogP contribution is -2.43. The van der Waals surface area contributed by atoms with E-state index in [-0.39, 0.29) is 10.6 Å². The van der Waals surface area contributed by atoms with Crippen molar-refractivity contribution < 1.29 is 18.0 Å². The molecule has 1 aromatic rings. The van der Waals surface area contributed by atoms with E-state index in [1.165, 1.54) is 26.1 Å². The number of aromatic nitrogens is 1. The summed E-state index contributed by atoms with van der Waals surface area (Å²) in [6.45, 7) is 3.39. The summed E-state index contributed by atoms with van der Waals surface area (Å²) in [7, 11) is 0. The van der Waals surface area contributed by atoms with Gasteiger partial charge in [-0.2, -0.15) is 13.2 Å². The minimum atomic E-state index is -4.45. The summed E-state index contributed by atoms with van der Waals surface area (Å²) in [6, 6.07) is 0.854. The highest BCUT2D eigenvalue weighted by Gasteiger charge is 2.35. The van der Waals surface area contributed by atoms with Crippen molar-refractivity contribution in [1.82, 2.24) is 9.88 Å². The van der Waals surface area contributed by atoms with Crippen molar-refractivity contribution in [2.24, 2.45) is 0 Å². The smallest absolute Gasteiger partial charge is 0.327 e. The zero-order valence-electron chi connectivity index (χ0n) is 10.8. The Morgan fingerprint density at radius 3 is 2.47 bits per heavy atom. The standard InChI is InChI=1S/C12H14ClF3N2O/c1-7(2)18(6-12(14,15)16)11(19)9-5-17-8(3)4-10(9)13/h4-5,7H,6H2,1-3H3. The van der Waals surface area contributed by atoms with Crippen molar-refractivity contribution in [1.29, 1.82) is 0 Å². The van der Waals surface area contributed by atoms with E-state index in [4.69, 9.17) is 11.6 Å². The first-order chi connectivity index (χ1) is 8.61. The van der Waals surface area contributed by atoms with Gasteiger partial charge in [-0.3, -0.25) is 9.78 Å². The molecule has 7 heteroatoms. The summed E-state index contributed by atoms with van der Waals surface area (Å²) >= 11 is 5.88. The Hall–Kier alpha value is -1.30. The van der Waals surface area contributed by atoms with Gasteiger partial charge < -0.3 is 4.90 Å². The molecule has 0 spiro atoms. The molecule has 1 aromatic heterocycles. The monoisotopic (exact) mass is 294 g/mol. The number of hydrogen-bond donors (Lipinski definition) is 0. The molecule has 0 aliphatic rings. The zero-order valence-corrected chi connectivity index (χ0v) is 11.5. The van der Waals surface area contributed by atoms with Crippen LogP contribution >= 0.6 is 11.6 Å². The molecule has 0 bridgehead atoms. The maximum atomic E-state index is 12.5. The zero-order chi connectivity index (χ0) is 14.8. The van der Waals surface area contributed by atoms with Crippen LogP contribution in [0.3, 0.4) is 0 Å². The molecule has 1 heterocycles. The molecule has 0 saturated carbocycles. The van der Waals surface area contributed by atoms with Crippen LogP contribution < -0.4 is 0 Å². The van der Waals surface area contributed by atoms with Crippen LogP contribution in [0.25, 0.3) is 0 Å². The van der Waals surface area contributed by atoms with Crippen LogP contribution in [0.1, 0.15) is 29.9 Å². The number of hydrogen-bond acceptors (Lipinski definition) is 2. The van der Waals surface area contributed by atoms with E-state index in [0.717, 1.165) is 4.90 Å². The van der Waals surface area contributed by atoms with Crippen LogP contribution in [0.4, 0.5) is 13.2 Å². The van der Waals surface area contributed by atoms with E-state index >= 15 is 0 Å². The maximum absolute atomic E-state index is 12.5. The van der Waals surface area contributed by atoms with E-state index in [1.54, 1.807) is 6.92 Å². The van der Waals surface area contributed by atoms with Gasteiger partial charge in [-0.05, 0) is 26.8 Å². The summed E-state index contributed by atoms with van der Waals surface area (Å²) < 4.78 is 37.4. The molecule has 3 nitrogen and oxygen atoms in total. The molecule has 0 aliphatic carbocycles. The van der Waals surface area contributed by atoms with Gasteiger partial charge in [0.1, 0.15) is 6.54 Å². The van der Waals surface area contributed by atoms with Crippen molar-refractivity contribution in [2.75, 3.05) is 6.54 Å². The quantitative estimate of drug-likeness (QED) is 0.855. The number of amides is 1. The molecule has 0 radical (unpaired) electrons. The predicted molar refractivity (Wildman–Crippen MR) is 66.2 cm³/mol. The number of nitrogens with zero attached hydrogens (tertiary/aromatic N) is 2. The van der Waals surface area contributed by atoms with Gasteiger partial charge in [0.25, 0.3) is 5.91 Å². The topological polar surface area (TPSA) is 33.2 Å². The molecule has 19 heavy (non-hydrogen) atoms. The van der Waals surface area contributed by atoms with E-state index in [2.05, 4.69) is 4.98 Å². The van der Waals surface area contributed by atoms with E-state index < -0.39 is 24.7 Å². The third-order valence-corrected chi connectivity index (χ3v) is 2.77. The van der Waals surface area contributed by atoms with Crippen LogP contribution in [0.2, 0.25) is 5.02 Å². The fraction of sp³-hybridized carbons (Fsp3) is 0.500. The predicted octanol–water partition coefficient (Wildman–Crippen LogP) is 3.46. The second-order valence-corrected chi connectivity index (χ2v) is 4.85. The van der Waals surface area contributed by atoms with Gasteiger partial charge in [0.2, 0.25) is 0 Å². The van der Waals surface area contributed by atoms with Crippen LogP contribution in [0.5, 0.6) is 0 Å². The highest BCUT2D eigenvalue weighted by molar-refractivity contribution is 6.33. The minimum Gasteiger partial charge on any atom is -0.327 e. The molecule has 106 valence electrons. The Labute approximate surface area is 114 Å². The number of alkyl halides is 3. The van der Waals surface area contributed by atoms with Gasteiger partial charge in [0.05, 0.1) is 10.6 Å². The molecule has 0 aromatic carbocycles. The summed E-state index contributed by atoms with van der Waals surface area (Å²) in [5.41, 5.74) is 0.568. The molecule has 0 aliphatic heterocycles. The Morgan fingerprint density at radius 2 is 2.05 bits per heavy atom. The SMILES string of the molecule is Cc1cc(Cl)c(C(=O)N(CC(F)(F)F)C(C)C)cn1. The summed E-state index contributed by atoms with van der Waals surface area (Å²) in [6.07, 6.45) is -3.25. The molecular weight excluding hydrogens is 281 g/mol. The van der Waals surface area contributed by atoms with Crippen LogP contribution in [-0.4, -0.2) is 34.6 Å². The summed E-state index contributed by atoms with van der Waals surface area (Å²) in [4.78, 5) is 16.7. The first-order valence-corrected chi connectivity index (χ1v) is 5.99. The molecule has 0 saturated heterocycles. The lowest BCUT2D eigenvalue weighted by atomic mass is 10.2. The molecule has 1 rings (SSSR count). The van der Waals surface area contributed by atoms with Crippen LogP contribution in [0.15, 0.2) is 12.3 Å². The van der Waals surface area contributed by atoms with E-state index in [1.807, 2.05) is 0 Å². The second-order valence-electron chi connectivity index (χ2n) is 4.45. The molecule has 0 fully saturated rings. The highest BCUT2D eigenvalue weighted by Crippen LogP contribution is 2.23. The lowest BCUT2D eigenvalue weighted by molar-refractivity contribution is -0.143. The van der Waals surface area contributed by atoms with Gasteiger partial charge in [-0.15, -0.1) is 0 Å². The molecule has 1 amide bonds. The third-order valence-electron chi connectivity index (χ3n) is 2.45. The highest BCUT2D eigenvalue weighted by atomic mass is 35.5. The number of carbonyl (C=O) groups is 1. The van der Waals surface area contributed by atoms with Gasteiger partial charge >= 0.3 is 6.18 Å². The van der Waals surface area contributed by atoms with Crippen molar-refractivity contribution in [3.63, 3.8) is 0 Å².